The second-order valence-electron chi connectivity index (χ2n) is 7.22. The second-order valence-corrected chi connectivity index (χ2v) is 8.67. The predicted molar refractivity (Wildman–Crippen MR) is 130 cm³/mol. The number of nitrogens with zero attached hydrogens (tertiary/aromatic N) is 3. The number of carbonyl (C=O) groups is 1. The van der Waals surface area contributed by atoms with Gasteiger partial charge in [-0.2, -0.15) is 0 Å². The Bertz CT molecular complexity index is 1440. The number of ether oxygens (including phenoxy) is 1. The molecule has 0 aliphatic rings. The molecule has 0 aliphatic carbocycles. The molecule has 5 nitrogen and oxygen atoms in total. The molecule has 32 heavy (non-hydrogen) atoms. The van der Waals surface area contributed by atoms with E-state index in [4.69, 9.17) is 21.3 Å². The number of anilines is 1. The van der Waals surface area contributed by atoms with Gasteiger partial charge in [-0.1, -0.05) is 53.3 Å². The van der Waals surface area contributed by atoms with Crippen molar-refractivity contribution in [3.05, 3.63) is 95.3 Å². The number of halogens is 1. The Balaban J connectivity index is 1.64. The molecule has 0 aliphatic heterocycles. The predicted octanol–water partition coefficient (Wildman–Crippen LogP) is 6.35. The number of amides is 1. The molecule has 0 N–H and O–H groups in total. The maximum Gasteiger partial charge on any atom is 0.264 e. The van der Waals surface area contributed by atoms with E-state index in [1.807, 2.05) is 66.7 Å². The highest BCUT2D eigenvalue weighted by molar-refractivity contribution is 7.22. The molecule has 158 valence electrons. The normalized spacial score (nSPS) is 11.1. The van der Waals surface area contributed by atoms with Crippen LogP contribution in [-0.2, 0) is 6.54 Å². The molecule has 0 saturated heterocycles. The van der Waals surface area contributed by atoms with Gasteiger partial charge in [0.2, 0.25) is 0 Å². The standard InChI is InChI=1S/C25H18ClN3O2S/c1-31-22-13-17-7-3-2-6-16(17)12-20(22)24(30)29(15-19-8-4-5-11-27-19)25-28-21-10-9-18(26)14-23(21)32-25/h2-14H,15H2,1H3. The van der Waals surface area contributed by atoms with Crippen LogP contribution >= 0.6 is 22.9 Å². The van der Waals surface area contributed by atoms with E-state index in [2.05, 4.69) is 4.98 Å². The van der Waals surface area contributed by atoms with Crippen LogP contribution in [0, 0.1) is 0 Å². The Morgan fingerprint density at radius 1 is 1.03 bits per heavy atom. The van der Waals surface area contributed by atoms with Crippen molar-refractivity contribution in [2.45, 2.75) is 6.54 Å². The van der Waals surface area contributed by atoms with Gasteiger partial charge in [0.05, 0.1) is 35.1 Å². The molecule has 0 bridgehead atoms. The number of methoxy groups -OCH3 is 1. The average Bonchev–Trinajstić information content (AvgIpc) is 3.24. The Hall–Kier alpha value is -3.48. The van der Waals surface area contributed by atoms with Crippen molar-refractivity contribution in [2.24, 2.45) is 0 Å². The largest absolute Gasteiger partial charge is 0.496 e. The van der Waals surface area contributed by atoms with E-state index in [0.717, 1.165) is 26.7 Å². The monoisotopic (exact) mass is 459 g/mol. The van der Waals surface area contributed by atoms with Gasteiger partial charge in [-0.25, -0.2) is 4.98 Å². The first-order chi connectivity index (χ1) is 15.6. The Labute approximate surface area is 193 Å². The Morgan fingerprint density at radius 3 is 2.56 bits per heavy atom. The number of hydrogen-bond acceptors (Lipinski definition) is 5. The van der Waals surface area contributed by atoms with Gasteiger partial charge in [-0.3, -0.25) is 14.7 Å². The summed E-state index contributed by atoms with van der Waals surface area (Å²) in [5, 5.41) is 3.18. The van der Waals surface area contributed by atoms with Gasteiger partial charge in [-0.05, 0) is 53.2 Å². The van der Waals surface area contributed by atoms with Gasteiger partial charge in [0, 0.05) is 11.2 Å². The molecule has 5 rings (SSSR count). The molecular formula is C25H18ClN3O2S. The third-order valence-electron chi connectivity index (χ3n) is 5.16. The summed E-state index contributed by atoms with van der Waals surface area (Å²) in [6.45, 7) is 0.281. The fourth-order valence-electron chi connectivity index (χ4n) is 3.58. The van der Waals surface area contributed by atoms with Crippen molar-refractivity contribution in [3.8, 4) is 5.75 Å². The number of thiazole rings is 1. The summed E-state index contributed by atoms with van der Waals surface area (Å²) in [5.74, 6) is 0.312. The SMILES string of the molecule is COc1cc2ccccc2cc1C(=O)N(Cc1ccccn1)c1nc2ccc(Cl)cc2s1. The Kier molecular flexibility index (Phi) is 5.47. The van der Waals surface area contributed by atoms with Crippen LogP contribution in [0.2, 0.25) is 5.02 Å². The molecule has 2 aromatic heterocycles. The van der Waals surface area contributed by atoms with E-state index >= 15 is 0 Å². The maximum absolute atomic E-state index is 13.9. The molecule has 7 heteroatoms. The highest BCUT2D eigenvalue weighted by Crippen LogP contribution is 2.34. The number of fused-ring (bicyclic) bond motifs is 2. The Morgan fingerprint density at radius 2 is 1.81 bits per heavy atom. The average molecular weight is 460 g/mol. The number of aromatic nitrogens is 2. The lowest BCUT2D eigenvalue weighted by Crippen LogP contribution is -2.31. The summed E-state index contributed by atoms with van der Waals surface area (Å²) in [6, 6.07) is 22.8. The van der Waals surface area contributed by atoms with E-state index in [1.54, 1.807) is 24.3 Å². The van der Waals surface area contributed by atoms with Crippen molar-refractivity contribution in [2.75, 3.05) is 12.0 Å². The van der Waals surface area contributed by atoms with E-state index in [1.165, 1.54) is 11.3 Å². The lowest BCUT2D eigenvalue weighted by Gasteiger charge is -2.21. The van der Waals surface area contributed by atoms with Crippen LogP contribution in [0.5, 0.6) is 5.75 Å². The van der Waals surface area contributed by atoms with Crippen molar-refractivity contribution < 1.29 is 9.53 Å². The van der Waals surface area contributed by atoms with Crippen LogP contribution < -0.4 is 9.64 Å². The first-order valence-electron chi connectivity index (χ1n) is 9.97. The summed E-state index contributed by atoms with van der Waals surface area (Å²) in [4.78, 5) is 24.6. The molecule has 0 saturated carbocycles. The summed E-state index contributed by atoms with van der Waals surface area (Å²) < 4.78 is 6.50. The number of carbonyl (C=O) groups excluding carboxylic acids is 1. The summed E-state index contributed by atoms with van der Waals surface area (Å²) in [5.41, 5.74) is 2.02. The molecular weight excluding hydrogens is 442 g/mol. The lowest BCUT2D eigenvalue weighted by atomic mass is 10.0. The van der Waals surface area contributed by atoms with Gasteiger partial charge in [-0.15, -0.1) is 0 Å². The zero-order valence-corrected chi connectivity index (χ0v) is 18.7. The van der Waals surface area contributed by atoms with Gasteiger partial charge in [0.1, 0.15) is 5.75 Å². The number of benzene rings is 3. The van der Waals surface area contributed by atoms with E-state index in [9.17, 15) is 4.79 Å². The van der Waals surface area contributed by atoms with Crippen molar-refractivity contribution in [3.63, 3.8) is 0 Å². The summed E-state index contributed by atoms with van der Waals surface area (Å²) >= 11 is 7.58. The third-order valence-corrected chi connectivity index (χ3v) is 6.44. The van der Waals surface area contributed by atoms with Crippen LogP contribution in [0.15, 0.2) is 79.0 Å². The first-order valence-corrected chi connectivity index (χ1v) is 11.2. The number of rotatable bonds is 5. The topological polar surface area (TPSA) is 55.3 Å². The maximum atomic E-state index is 13.9. The molecule has 0 spiro atoms. The molecule has 0 radical (unpaired) electrons. The van der Waals surface area contributed by atoms with Gasteiger partial charge in [0.25, 0.3) is 5.91 Å². The van der Waals surface area contributed by atoms with Crippen molar-refractivity contribution in [1.29, 1.82) is 0 Å². The van der Waals surface area contributed by atoms with E-state index in [0.29, 0.717) is 21.5 Å². The minimum atomic E-state index is -0.205. The van der Waals surface area contributed by atoms with Crippen LogP contribution in [-0.4, -0.2) is 23.0 Å². The highest BCUT2D eigenvalue weighted by Gasteiger charge is 2.25. The highest BCUT2D eigenvalue weighted by atomic mass is 35.5. The van der Waals surface area contributed by atoms with Crippen LogP contribution in [0.3, 0.4) is 0 Å². The molecule has 3 aromatic carbocycles. The summed E-state index contributed by atoms with van der Waals surface area (Å²) in [6.07, 6.45) is 1.72. The van der Waals surface area contributed by atoms with E-state index < -0.39 is 0 Å². The van der Waals surface area contributed by atoms with Crippen LogP contribution in [0.25, 0.3) is 21.0 Å². The fourth-order valence-corrected chi connectivity index (χ4v) is 4.82. The smallest absolute Gasteiger partial charge is 0.264 e. The molecule has 2 heterocycles. The first kappa shape index (κ1) is 20.4. The van der Waals surface area contributed by atoms with Crippen molar-refractivity contribution >= 4 is 55.0 Å². The van der Waals surface area contributed by atoms with Crippen molar-refractivity contribution in [1.82, 2.24) is 9.97 Å². The molecule has 1 amide bonds. The number of hydrogen-bond donors (Lipinski definition) is 0. The van der Waals surface area contributed by atoms with Crippen LogP contribution in [0.4, 0.5) is 5.13 Å². The number of pyridine rings is 1. The zero-order valence-electron chi connectivity index (χ0n) is 17.2. The van der Waals surface area contributed by atoms with Gasteiger partial charge < -0.3 is 4.74 Å². The summed E-state index contributed by atoms with van der Waals surface area (Å²) in [7, 11) is 1.57. The second kappa shape index (κ2) is 8.57. The fraction of sp³-hybridized carbons (Fsp3) is 0.0800. The molecule has 0 atom stereocenters. The van der Waals surface area contributed by atoms with Crippen LogP contribution in [0.1, 0.15) is 16.1 Å². The molecule has 0 fully saturated rings. The quantitative estimate of drug-likeness (QED) is 0.307. The lowest BCUT2D eigenvalue weighted by molar-refractivity contribution is 0.0982. The minimum absolute atomic E-state index is 0.205. The van der Waals surface area contributed by atoms with E-state index in [-0.39, 0.29) is 12.5 Å². The third kappa shape index (κ3) is 3.90. The molecule has 0 unspecified atom stereocenters. The molecule has 5 aromatic rings. The minimum Gasteiger partial charge on any atom is -0.496 e. The van der Waals surface area contributed by atoms with Gasteiger partial charge in [0.15, 0.2) is 5.13 Å². The van der Waals surface area contributed by atoms with Gasteiger partial charge >= 0.3 is 0 Å². The zero-order chi connectivity index (χ0) is 22.1.